The first-order valence-electron chi connectivity index (χ1n) is 7.20. The largest absolute Gasteiger partial charge is 0.462 e. The first kappa shape index (κ1) is 14.7. The number of nitrogens with zero attached hydrogens (tertiary/aromatic N) is 1. The molecule has 0 aliphatic rings. The monoisotopic (exact) mass is 313 g/mol. The van der Waals surface area contributed by atoms with Crippen molar-refractivity contribution >= 4 is 23.1 Å². The van der Waals surface area contributed by atoms with Crippen LogP contribution < -0.4 is 0 Å². The molecule has 0 spiro atoms. The number of ether oxygens (including phenoxy) is 1. The molecule has 0 radical (unpaired) electrons. The van der Waals surface area contributed by atoms with Gasteiger partial charge in [-0.05, 0) is 36.8 Å². The molecule has 0 saturated heterocycles. The van der Waals surface area contributed by atoms with E-state index in [4.69, 9.17) is 16.3 Å². The minimum Gasteiger partial charge on any atom is -0.462 e. The Hall–Kier alpha value is -2.26. The third kappa shape index (κ3) is 2.72. The first-order valence-corrected chi connectivity index (χ1v) is 7.58. The lowest BCUT2D eigenvalue weighted by atomic mass is 10.1. The Kier molecular flexibility index (Phi) is 4.16. The summed E-state index contributed by atoms with van der Waals surface area (Å²) in [5.74, 6) is -0.298. The van der Waals surface area contributed by atoms with E-state index in [2.05, 4.69) is 0 Å². The third-order valence-electron chi connectivity index (χ3n) is 3.60. The minimum atomic E-state index is -0.298. The number of benzene rings is 1. The van der Waals surface area contributed by atoms with E-state index in [1.54, 1.807) is 6.92 Å². The Bertz CT molecular complexity index is 823. The van der Waals surface area contributed by atoms with E-state index in [1.807, 2.05) is 59.1 Å². The van der Waals surface area contributed by atoms with Gasteiger partial charge in [0.25, 0.3) is 0 Å². The number of hydrogen-bond donors (Lipinski definition) is 0. The number of pyridine rings is 1. The van der Waals surface area contributed by atoms with E-state index in [0.717, 1.165) is 16.8 Å². The molecule has 3 nitrogen and oxygen atoms in total. The molecule has 3 aromatic rings. The molecule has 22 heavy (non-hydrogen) atoms. The van der Waals surface area contributed by atoms with Gasteiger partial charge in [0.05, 0.1) is 12.2 Å². The van der Waals surface area contributed by atoms with E-state index >= 15 is 0 Å². The normalized spacial score (nSPS) is 10.8. The Balaban J connectivity index is 2.11. The number of esters is 1. The molecule has 0 fully saturated rings. The Labute approximate surface area is 134 Å². The zero-order valence-corrected chi connectivity index (χ0v) is 13.0. The molecular formula is C18H16ClNO2. The molecule has 0 atom stereocenters. The molecule has 0 bridgehead atoms. The van der Waals surface area contributed by atoms with Crippen LogP contribution in [0.1, 0.15) is 28.5 Å². The van der Waals surface area contributed by atoms with Gasteiger partial charge in [-0.3, -0.25) is 0 Å². The van der Waals surface area contributed by atoms with Crippen molar-refractivity contribution in [1.29, 1.82) is 0 Å². The van der Waals surface area contributed by atoms with Crippen molar-refractivity contribution in [1.82, 2.24) is 4.40 Å². The van der Waals surface area contributed by atoms with Crippen molar-refractivity contribution in [3.63, 3.8) is 0 Å². The van der Waals surface area contributed by atoms with E-state index in [-0.39, 0.29) is 5.97 Å². The maximum atomic E-state index is 12.2. The van der Waals surface area contributed by atoms with Gasteiger partial charge in [0.15, 0.2) is 0 Å². The summed E-state index contributed by atoms with van der Waals surface area (Å²) in [6, 6.07) is 15.4. The van der Waals surface area contributed by atoms with E-state index in [9.17, 15) is 4.79 Å². The van der Waals surface area contributed by atoms with Gasteiger partial charge in [-0.1, -0.05) is 35.9 Å². The van der Waals surface area contributed by atoms with E-state index < -0.39 is 0 Å². The lowest BCUT2D eigenvalue weighted by Crippen LogP contribution is -2.08. The van der Waals surface area contributed by atoms with Gasteiger partial charge in [0, 0.05) is 28.9 Å². The van der Waals surface area contributed by atoms with Gasteiger partial charge < -0.3 is 9.14 Å². The van der Waals surface area contributed by atoms with E-state index in [1.165, 1.54) is 0 Å². The summed E-state index contributed by atoms with van der Waals surface area (Å²) >= 11 is 6.26. The van der Waals surface area contributed by atoms with Crippen molar-refractivity contribution in [2.75, 3.05) is 6.61 Å². The average molecular weight is 314 g/mol. The van der Waals surface area contributed by atoms with Crippen LogP contribution in [0.4, 0.5) is 0 Å². The highest BCUT2D eigenvalue weighted by molar-refractivity contribution is 6.31. The summed E-state index contributed by atoms with van der Waals surface area (Å²) in [5, 5.41) is 0.697. The smallest absolute Gasteiger partial charge is 0.340 e. The number of carbonyl (C=O) groups excluding carboxylic acids is 1. The van der Waals surface area contributed by atoms with Crippen LogP contribution >= 0.6 is 11.6 Å². The quantitative estimate of drug-likeness (QED) is 0.670. The maximum absolute atomic E-state index is 12.2. The fourth-order valence-corrected chi connectivity index (χ4v) is 2.77. The molecule has 112 valence electrons. The van der Waals surface area contributed by atoms with Gasteiger partial charge in [-0.25, -0.2) is 4.79 Å². The Morgan fingerprint density at radius 3 is 2.73 bits per heavy atom. The van der Waals surface area contributed by atoms with Crippen LogP contribution in [0, 0.1) is 0 Å². The van der Waals surface area contributed by atoms with E-state index in [0.29, 0.717) is 23.6 Å². The second kappa shape index (κ2) is 6.24. The van der Waals surface area contributed by atoms with Crippen molar-refractivity contribution in [2.24, 2.45) is 0 Å². The molecule has 0 amide bonds. The zero-order valence-electron chi connectivity index (χ0n) is 12.3. The number of aromatic nitrogens is 1. The number of carbonyl (C=O) groups is 1. The maximum Gasteiger partial charge on any atom is 0.340 e. The van der Waals surface area contributed by atoms with Crippen LogP contribution in [0.25, 0.3) is 5.52 Å². The fraction of sp³-hybridized carbons (Fsp3) is 0.167. The highest BCUT2D eigenvalue weighted by atomic mass is 35.5. The van der Waals surface area contributed by atoms with Crippen molar-refractivity contribution < 1.29 is 9.53 Å². The average Bonchev–Trinajstić information content (AvgIpc) is 2.89. The molecule has 1 aromatic carbocycles. The Morgan fingerprint density at radius 2 is 1.95 bits per heavy atom. The lowest BCUT2D eigenvalue weighted by molar-refractivity contribution is 0.0525. The van der Waals surface area contributed by atoms with Gasteiger partial charge >= 0.3 is 5.97 Å². The van der Waals surface area contributed by atoms with Crippen LogP contribution in [0.2, 0.25) is 5.02 Å². The van der Waals surface area contributed by atoms with Crippen LogP contribution in [0.15, 0.2) is 54.7 Å². The molecule has 2 heterocycles. The lowest BCUT2D eigenvalue weighted by Gasteiger charge is -2.08. The van der Waals surface area contributed by atoms with Gasteiger partial charge in [-0.15, -0.1) is 0 Å². The summed E-state index contributed by atoms with van der Waals surface area (Å²) in [6.45, 7) is 2.16. The number of fused-ring (bicyclic) bond motifs is 1. The second-order valence-corrected chi connectivity index (χ2v) is 5.40. The van der Waals surface area contributed by atoms with Crippen LogP contribution in [0.3, 0.4) is 0 Å². The standard InChI is InChI=1S/C18H16ClNO2/c1-2-22-18(21)15-12-14-8-5-6-10-20(14)17(15)11-13-7-3-4-9-16(13)19/h3-10,12H,2,11H2,1H3. The molecule has 4 heteroatoms. The topological polar surface area (TPSA) is 30.7 Å². The number of halogens is 1. The second-order valence-electron chi connectivity index (χ2n) is 4.99. The number of hydrogen-bond acceptors (Lipinski definition) is 2. The molecule has 0 unspecified atom stereocenters. The van der Waals surface area contributed by atoms with Crippen LogP contribution in [-0.4, -0.2) is 17.0 Å². The van der Waals surface area contributed by atoms with Crippen molar-refractivity contribution in [3.05, 3.63) is 76.6 Å². The highest BCUT2D eigenvalue weighted by Crippen LogP contribution is 2.24. The minimum absolute atomic E-state index is 0.298. The van der Waals surface area contributed by atoms with Crippen LogP contribution in [0.5, 0.6) is 0 Å². The highest BCUT2D eigenvalue weighted by Gasteiger charge is 2.18. The SMILES string of the molecule is CCOC(=O)c1cc2ccccn2c1Cc1ccccc1Cl. The predicted octanol–water partition coefficient (Wildman–Crippen LogP) is 4.36. The first-order chi connectivity index (χ1) is 10.7. The number of rotatable bonds is 4. The molecular weight excluding hydrogens is 298 g/mol. The predicted molar refractivity (Wildman–Crippen MR) is 87.6 cm³/mol. The Morgan fingerprint density at radius 1 is 1.18 bits per heavy atom. The molecule has 0 N–H and O–H groups in total. The summed E-state index contributed by atoms with van der Waals surface area (Å²) in [5.41, 5.74) is 3.43. The summed E-state index contributed by atoms with van der Waals surface area (Å²) in [4.78, 5) is 12.2. The van der Waals surface area contributed by atoms with Crippen LogP contribution in [-0.2, 0) is 11.2 Å². The summed E-state index contributed by atoms with van der Waals surface area (Å²) in [6.07, 6.45) is 2.52. The molecule has 0 saturated carbocycles. The van der Waals surface area contributed by atoms with Crippen molar-refractivity contribution in [2.45, 2.75) is 13.3 Å². The third-order valence-corrected chi connectivity index (χ3v) is 3.97. The van der Waals surface area contributed by atoms with Gasteiger partial charge in [0.1, 0.15) is 0 Å². The van der Waals surface area contributed by atoms with Gasteiger partial charge in [-0.2, -0.15) is 0 Å². The summed E-state index contributed by atoms with van der Waals surface area (Å²) in [7, 11) is 0. The molecule has 0 aliphatic heterocycles. The molecule has 2 aromatic heterocycles. The van der Waals surface area contributed by atoms with Crippen molar-refractivity contribution in [3.8, 4) is 0 Å². The zero-order chi connectivity index (χ0) is 15.5. The summed E-state index contributed by atoms with van der Waals surface area (Å²) < 4.78 is 7.19. The van der Waals surface area contributed by atoms with Gasteiger partial charge in [0.2, 0.25) is 0 Å². The fourth-order valence-electron chi connectivity index (χ4n) is 2.57. The molecule has 0 aliphatic carbocycles. The molecule has 3 rings (SSSR count).